The summed E-state index contributed by atoms with van der Waals surface area (Å²) in [6.07, 6.45) is 0. The van der Waals surface area contributed by atoms with Gasteiger partial charge in [0.2, 0.25) is 0 Å². The van der Waals surface area contributed by atoms with Crippen LogP contribution < -0.4 is 0 Å². The summed E-state index contributed by atoms with van der Waals surface area (Å²) >= 11 is 0. The fourth-order valence-corrected chi connectivity index (χ4v) is 5.16. The fourth-order valence-electron chi connectivity index (χ4n) is 3.08. The topological polar surface area (TPSA) is 12.5 Å². The molecule has 3 heteroatoms. The van der Waals surface area contributed by atoms with Gasteiger partial charge in [0, 0.05) is 20.2 Å². The van der Waals surface area contributed by atoms with Crippen molar-refractivity contribution in [3.63, 3.8) is 0 Å². The fraction of sp³-hybridized carbons (Fsp3) is 0.250. The summed E-state index contributed by atoms with van der Waals surface area (Å²) in [5.41, 5.74) is 1.35. The van der Waals surface area contributed by atoms with Crippen LogP contribution in [0.2, 0.25) is 0 Å². The van der Waals surface area contributed by atoms with Gasteiger partial charge in [0.15, 0.2) is 14.7 Å². The molecule has 0 atom stereocenters. The predicted octanol–water partition coefficient (Wildman–Crippen LogP) is 5.25. The molecule has 0 aliphatic heterocycles. The van der Waals surface area contributed by atoms with Gasteiger partial charge in [0.25, 0.3) is 0 Å². The second-order valence-electron chi connectivity index (χ2n) is 6.44. The zero-order valence-electron chi connectivity index (χ0n) is 16.2. The van der Waals surface area contributed by atoms with E-state index < -0.39 is 0 Å². The van der Waals surface area contributed by atoms with Crippen LogP contribution in [0.25, 0.3) is 0 Å². The van der Waals surface area contributed by atoms with Gasteiger partial charge in [-0.15, -0.1) is 0 Å². The Morgan fingerprint density at radius 3 is 1.74 bits per heavy atom. The number of nitrogens with zero attached hydrogens (tertiary/aromatic N) is 1. The minimum absolute atomic E-state index is 0.0758. The Morgan fingerprint density at radius 2 is 1.26 bits per heavy atom. The Kier molecular flexibility index (Phi) is 7.52. The summed E-state index contributed by atoms with van der Waals surface area (Å²) in [7, 11) is 1.68. The highest BCUT2D eigenvalue weighted by atomic mass is 32.2. The van der Waals surface area contributed by atoms with E-state index in [1.54, 1.807) is 7.11 Å². The molecule has 0 aliphatic rings. The van der Waals surface area contributed by atoms with Gasteiger partial charge in [-0.25, -0.2) is 0 Å². The molecule has 3 rings (SSSR count). The van der Waals surface area contributed by atoms with Gasteiger partial charge < -0.3 is 4.74 Å². The maximum atomic E-state index is 5.22. The molecular weight excluding hydrogens is 350 g/mol. The molecule has 0 saturated heterocycles. The predicted molar refractivity (Wildman–Crippen MR) is 114 cm³/mol. The maximum Gasteiger partial charge on any atom is 0.166 e. The van der Waals surface area contributed by atoms with Gasteiger partial charge in [-0.3, -0.25) is 4.90 Å². The molecule has 140 valence electrons. The Balaban J connectivity index is 1.84. The Morgan fingerprint density at radius 1 is 0.741 bits per heavy atom. The number of rotatable bonds is 9. The molecule has 0 fully saturated rings. The lowest BCUT2D eigenvalue weighted by Gasteiger charge is -2.20. The van der Waals surface area contributed by atoms with Crippen LogP contribution >= 0.6 is 0 Å². The number of methoxy groups -OCH3 is 1. The average Bonchev–Trinajstić information content (AvgIpc) is 2.74. The quantitative estimate of drug-likeness (QED) is 0.472. The smallest absolute Gasteiger partial charge is 0.166 e. The minimum Gasteiger partial charge on any atom is -0.383 e. The molecule has 3 aromatic carbocycles. The zero-order valence-corrected chi connectivity index (χ0v) is 17.0. The second-order valence-corrected chi connectivity index (χ2v) is 8.46. The molecule has 0 unspecified atom stereocenters. The number of likely N-dealkylation sites (N-methyl/N-ethyl adjacent to an activating group) is 1. The minimum atomic E-state index is -0.0758. The highest BCUT2D eigenvalue weighted by molar-refractivity contribution is 7.97. The van der Waals surface area contributed by atoms with Crippen molar-refractivity contribution in [2.75, 3.05) is 26.8 Å². The van der Waals surface area contributed by atoms with E-state index in [0.717, 1.165) is 26.2 Å². The van der Waals surface area contributed by atoms with Gasteiger partial charge in [-0.2, -0.15) is 0 Å². The molecule has 3 aromatic rings. The Bertz CT molecular complexity index is 750. The molecule has 0 saturated carbocycles. The van der Waals surface area contributed by atoms with Gasteiger partial charge >= 0.3 is 0 Å². The molecule has 2 nitrogen and oxygen atoms in total. The second kappa shape index (κ2) is 10.3. The van der Waals surface area contributed by atoms with Crippen molar-refractivity contribution < 1.29 is 4.74 Å². The van der Waals surface area contributed by atoms with Gasteiger partial charge in [-0.05, 0) is 48.5 Å². The third kappa shape index (κ3) is 5.46. The highest BCUT2D eigenvalue weighted by Gasteiger charge is 2.28. The number of hydrogen-bond donors (Lipinski definition) is 0. The number of ether oxygens (including phenoxy) is 1. The van der Waals surface area contributed by atoms with Gasteiger partial charge in [0.1, 0.15) is 0 Å². The summed E-state index contributed by atoms with van der Waals surface area (Å²) in [4.78, 5) is 6.47. The Hall–Kier alpha value is -2.07. The molecule has 27 heavy (non-hydrogen) atoms. The first-order valence-electron chi connectivity index (χ1n) is 9.46. The summed E-state index contributed by atoms with van der Waals surface area (Å²) in [5.74, 6) is 0. The van der Waals surface area contributed by atoms with Crippen LogP contribution in [-0.4, -0.2) is 31.7 Å². The summed E-state index contributed by atoms with van der Waals surface area (Å²) in [6.45, 7) is 5.94. The summed E-state index contributed by atoms with van der Waals surface area (Å²) in [6, 6.07) is 30.7. The largest absolute Gasteiger partial charge is 0.383 e. The van der Waals surface area contributed by atoms with Crippen molar-refractivity contribution in [2.24, 2.45) is 0 Å². The van der Waals surface area contributed by atoms with Gasteiger partial charge in [0.05, 0.1) is 17.5 Å². The van der Waals surface area contributed by atoms with Crippen LogP contribution in [0.5, 0.6) is 0 Å². The van der Waals surface area contributed by atoms with Crippen molar-refractivity contribution in [1.29, 1.82) is 0 Å². The molecular formula is C24H28NOS+. The van der Waals surface area contributed by atoms with Crippen LogP contribution in [0, 0.1) is 0 Å². The van der Waals surface area contributed by atoms with E-state index in [9.17, 15) is 0 Å². The standard InChI is InChI=1S/C24H28NOS/c1-3-25(18-19-26-2)20-21-14-16-24(17-15-21)27(22-10-6-4-7-11-22)23-12-8-5-9-13-23/h4-17H,3,18-20H2,1-2H3/q+1. The van der Waals surface area contributed by atoms with E-state index in [1.165, 1.54) is 20.2 Å². The molecule has 0 radical (unpaired) electrons. The van der Waals surface area contributed by atoms with E-state index in [-0.39, 0.29) is 10.9 Å². The number of benzene rings is 3. The zero-order chi connectivity index (χ0) is 18.9. The molecule has 0 spiro atoms. The maximum absolute atomic E-state index is 5.22. The van der Waals surface area contributed by atoms with E-state index in [0.29, 0.717) is 0 Å². The first-order valence-corrected chi connectivity index (χ1v) is 10.7. The lowest BCUT2D eigenvalue weighted by molar-refractivity contribution is 0.147. The molecule has 0 heterocycles. The monoisotopic (exact) mass is 378 g/mol. The van der Waals surface area contributed by atoms with Crippen molar-refractivity contribution in [1.82, 2.24) is 4.90 Å². The average molecular weight is 379 g/mol. The Labute approximate surface area is 166 Å². The molecule has 0 aromatic heterocycles. The van der Waals surface area contributed by atoms with Crippen molar-refractivity contribution in [3.05, 3.63) is 90.5 Å². The van der Waals surface area contributed by atoms with Crippen LogP contribution in [0.1, 0.15) is 12.5 Å². The lowest BCUT2D eigenvalue weighted by Crippen LogP contribution is -2.26. The van der Waals surface area contributed by atoms with E-state index in [2.05, 4.69) is 96.8 Å². The van der Waals surface area contributed by atoms with E-state index in [4.69, 9.17) is 4.74 Å². The number of hydrogen-bond acceptors (Lipinski definition) is 2. The molecule has 0 aliphatic carbocycles. The molecule has 0 bridgehead atoms. The first-order chi connectivity index (χ1) is 13.3. The van der Waals surface area contributed by atoms with E-state index in [1.807, 2.05) is 0 Å². The van der Waals surface area contributed by atoms with Gasteiger partial charge in [-0.1, -0.05) is 55.5 Å². The van der Waals surface area contributed by atoms with Crippen LogP contribution in [0.3, 0.4) is 0 Å². The normalized spacial score (nSPS) is 11.3. The lowest BCUT2D eigenvalue weighted by atomic mass is 10.2. The van der Waals surface area contributed by atoms with Crippen molar-refractivity contribution in [3.8, 4) is 0 Å². The SMILES string of the molecule is CCN(CCOC)Cc1ccc([S+](c2ccccc2)c2ccccc2)cc1. The van der Waals surface area contributed by atoms with Crippen LogP contribution in [-0.2, 0) is 22.2 Å². The van der Waals surface area contributed by atoms with Crippen LogP contribution in [0.4, 0.5) is 0 Å². The highest BCUT2D eigenvalue weighted by Crippen LogP contribution is 2.31. The van der Waals surface area contributed by atoms with E-state index >= 15 is 0 Å². The summed E-state index contributed by atoms with van der Waals surface area (Å²) in [5, 5.41) is 0. The summed E-state index contributed by atoms with van der Waals surface area (Å²) < 4.78 is 5.22. The molecule has 0 N–H and O–H groups in total. The van der Waals surface area contributed by atoms with Crippen molar-refractivity contribution >= 4 is 10.9 Å². The third-order valence-corrected chi connectivity index (χ3v) is 6.81. The molecule has 0 amide bonds. The van der Waals surface area contributed by atoms with Crippen LogP contribution in [0.15, 0.2) is 99.6 Å². The first kappa shape index (κ1) is 19.7. The third-order valence-electron chi connectivity index (χ3n) is 4.58. The van der Waals surface area contributed by atoms with Crippen molar-refractivity contribution in [2.45, 2.75) is 28.2 Å².